The maximum absolute atomic E-state index is 13.3. The van der Waals surface area contributed by atoms with E-state index in [9.17, 15) is 9.59 Å². The SMILES string of the molecule is COc1cccc2c1nc([C@H](CCCN=C(N)CS)NC(=O)c1cccc3c1C(=O)N=C3)n2C. The number of benzene rings is 2. The molecule has 0 saturated carbocycles. The Labute approximate surface area is 202 Å². The number of aryl methyl sites for hydroxylation is 1. The molecule has 0 radical (unpaired) electrons. The van der Waals surface area contributed by atoms with Gasteiger partial charge in [0.25, 0.3) is 11.8 Å². The minimum Gasteiger partial charge on any atom is -0.494 e. The molecule has 4 rings (SSSR count). The smallest absolute Gasteiger partial charge is 0.278 e. The summed E-state index contributed by atoms with van der Waals surface area (Å²) in [5, 5.41) is 3.08. The molecule has 2 heterocycles. The van der Waals surface area contributed by atoms with Crippen LogP contribution in [0, 0.1) is 0 Å². The standard InChI is InChI=1S/C24H26N6O3S/c1-30-17-9-4-10-18(33-2)21(17)29-22(30)16(8-5-11-26-19(25)13-34)28-23(31)15-7-3-6-14-12-27-24(32)20(14)15/h3-4,6-7,9-10,12,16,34H,5,8,11,13H2,1-2H3,(H2,25,26)(H,28,31)/t16-/m0/s1. The number of amides is 2. The minimum atomic E-state index is -0.435. The molecule has 3 N–H and O–H groups in total. The molecule has 0 fully saturated rings. The van der Waals surface area contributed by atoms with E-state index < -0.39 is 11.9 Å². The van der Waals surface area contributed by atoms with Crippen LogP contribution in [0.2, 0.25) is 0 Å². The van der Waals surface area contributed by atoms with Gasteiger partial charge < -0.3 is 20.4 Å². The number of rotatable bonds is 9. The molecule has 0 aliphatic carbocycles. The van der Waals surface area contributed by atoms with Crippen LogP contribution >= 0.6 is 12.6 Å². The molecule has 0 spiro atoms. The van der Waals surface area contributed by atoms with E-state index in [2.05, 4.69) is 27.9 Å². The second kappa shape index (κ2) is 10.1. The van der Waals surface area contributed by atoms with Gasteiger partial charge >= 0.3 is 0 Å². The molecule has 9 nitrogen and oxygen atoms in total. The van der Waals surface area contributed by atoms with E-state index in [0.29, 0.717) is 64.8 Å². The lowest BCUT2D eigenvalue weighted by Gasteiger charge is -2.19. The van der Waals surface area contributed by atoms with Crippen LogP contribution in [0.1, 0.15) is 51.0 Å². The summed E-state index contributed by atoms with van der Waals surface area (Å²) in [4.78, 5) is 38.5. The predicted molar refractivity (Wildman–Crippen MR) is 135 cm³/mol. The van der Waals surface area contributed by atoms with Crippen LogP contribution in [-0.4, -0.2) is 52.8 Å². The monoisotopic (exact) mass is 478 g/mol. The molecular formula is C24H26N6O3S. The molecule has 3 aromatic rings. The van der Waals surface area contributed by atoms with Crippen LogP contribution in [0.5, 0.6) is 5.75 Å². The van der Waals surface area contributed by atoms with Crippen molar-refractivity contribution in [3.63, 3.8) is 0 Å². The van der Waals surface area contributed by atoms with Gasteiger partial charge in [0.1, 0.15) is 22.9 Å². The van der Waals surface area contributed by atoms with E-state index in [-0.39, 0.29) is 5.91 Å². The highest BCUT2D eigenvalue weighted by Gasteiger charge is 2.27. The highest BCUT2D eigenvalue weighted by Crippen LogP contribution is 2.29. The van der Waals surface area contributed by atoms with Gasteiger partial charge in [0.15, 0.2) is 0 Å². The summed E-state index contributed by atoms with van der Waals surface area (Å²) in [6.07, 6.45) is 2.70. The number of nitrogens with one attached hydrogen (secondary N) is 1. The molecule has 2 aromatic carbocycles. The number of para-hydroxylation sites is 1. The third-order valence-corrected chi connectivity index (χ3v) is 6.07. The maximum atomic E-state index is 13.3. The van der Waals surface area contributed by atoms with Crippen molar-refractivity contribution < 1.29 is 14.3 Å². The van der Waals surface area contributed by atoms with Crippen molar-refractivity contribution >= 4 is 47.5 Å². The lowest BCUT2D eigenvalue weighted by molar-refractivity contribution is 0.0919. The first kappa shape index (κ1) is 23.5. The molecule has 0 saturated heterocycles. The topological polar surface area (TPSA) is 124 Å². The zero-order valence-corrected chi connectivity index (χ0v) is 19.9. The number of methoxy groups -OCH3 is 1. The number of amidine groups is 1. The Morgan fingerprint density at radius 2 is 2.09 bits per heavy atom. The first-order valence-corrected chi connectivity index (χ1v) is 11.5. The first-order valence-electron chi connectivity index (χ1n) is 10.9. The van der Waals surface area contributed by atoms with Crippen molar-refractivity contribution in [2.45, 2.75) is 18.9 Å². The van der Waals surface area contributed by atoms with Gasteiger partial charge in [-0.3, -0.25) is 14.6 Å². The summed E-state index contributed by atoms with van der Waals surface area (Å²) in [5.74, 6) is 1.41. The second-order valence-electron chi connectivity index (χ2n) is 7.89. The summed E-state index contributed by atoms with van der Waals surface area (Å²) in [6, 6.07) is 10.4. The molecule has 1 atom stereocenters. The van der Waals surface area contributed by atoms with Crippen LogP contribution in [0.3, 0.4) is 0 Å². The Bertz CT molecular complexity index is 1310. The first-order chi connectivity index (χ1) is 16.4. The van der Waals surface area contributed by atoms with Gasteiger partial charge in [-0.15, -0.1) is 0 Å². The highest BCUT2D eigenvalue weighted by molar-refractivity contribution is 7.81. The summed E-state index contributed by atoms with van der Waals surface area (Å²) in [6.45, 7) is 0.499. The van der Waals surface area contributed by atoms with E-state index >= 15 is 0 Å². The Kier molecular flexibility index (Phi) is 6.97. The number of nitrogens with zero attached hydrogens (tertiary/aromatic N) is 4. The number of fused-ring (bicyclic) bond motifs is 2. The van der Waals surface area contributed by atoms with Crippen molar-refractivity contribution in [1.82, 2.24) is 14.9 Å². The molecule has 0 unspecified atom stereocenters. The van der Waals surface area contributed by atoms with Crippen LogP contribution < -0.4 is 15.8 Å². The van der Waals surface area contributed by atoms with Crippen molar-refractivity contribution in [3.05, 3.63) is 58.9 Å². The minimum absolute atomic E-state index is 0.290. The molecule has 176 valence electrons. The Morgan fingerprint density at radius 3 is 2.85 bits per heavy atom. The summed E-state index contributed by atoms with van der Waals surface area (Å²) in [5.41, 5.74) is 8.60. The zero-order valence-electron chi connectivity index (χ0n) is 19.0. The number of imidazole rings is 1. The molecule has 2 amide bonds. The number of ether oxygens (including phenoxy) is 1. The molecule has 1 aliphatic rings. The second-order valence-corrected chi connectivity index (χ2v) is 8.21. The van der Waals surface area contributed by atoms with Crippen LogP contribution in [-0.2, 0) is 7.05 Å². The fraction of sp³-hybridized carbons (Fsp3) is 0.292. The number of aromatic nitrogens is 2. The van der Waals surface area contributed by atoms with Crippen molar-refractivity contribution in [1.29, 1.82) is 0 Å². The van der Waals surface area contributed by atoms with Gasteiger partial charge in [0.05, 0.1) is 29.8 Å². The average molecular weight is 479 g/mol. The van der Waals surface area contributed by atoms with E-state index in [1.807, 2.05) is 29.8 Å². The number of hydrogen-bond donors (Lipinski definition) is 3. The molecule has 34 heavy (non-hydrogen) atoms. The Morgan fingerprint density at radius 1 is 1.29 bits per heavy atom. The van der Waals surface area contributed by atoms with Gasteiger partial charge in [-0.05, 0) is 31.0 Å². The zero-order chi connectivity index (χ0) is 24.2. The van der Waals surface area contributed by atoms with Crippen LogP contribution in [0.15, 0.2) is 46.4 Å². The normalized spacial score (nSPS) is 13.9. The Hall–Kier alpha value is -3.66. The molecule has 1 aromatic heterocycles. The summed E-state index contributed by atoms with van der Waals surface area (Å²) < 4.78 is 7.41. The quantitative estimate of drug-likeness (QED) is 0.189. The fourth-order valence-electron chi connectivity index (χ4n) is 4.05. The number of nitrogens with two attached hydrogens (primary N) is 1. The van der Waals surface area contributed by atoms with E-state index in [1.165, 1.54) is 6.21 Å². The van der Waals surface area contributed by atoms with E-state index in [0.717, 1.165) is 5.52 Å². The predicted octanol–water partition coefficient (Wildman–Crippen LogP) is 2.69. The number of carbonyl (C=O) groups excluding carboxylic acids is 2. The van der Waals surface area contributed by atoms with Crippen molar-refractivity contribution in [2.24, 2.45) is 22.8 Å². The number of hydrogen-bond acceptors (Lipinski definition) is 6. The van der Waals surface area contributed by atoms with Gasteiger partial charge in [-0.2, -0.15) is 12.6 Å². The van der Waals surface area contributed by atoms with Gasteiger partial charge in [0, 0.05) is 31.1 Å². The van der Waals surface area contributed by atoms with Gasteiger partial charge in [0.2, 0.25) is 0 Å². The van der Waals surface area contributed by atoms with Crippen molar-refractivity contribution in [2.75, 3.05) is 19.4 Å². The van der Waals surface area contributed by atoms with E-state index in [4.69, 9.17) is 15.5 Å². The average Bonchev–Trinajstić information content (AvgIpc) is 3.40. The number of aliphatic imine (C=N–C) groups is 2. The van der Waals surface area contributed by atoms with Gasteiger partial charge in [-0.25, -0.2) is 9.98 Å². The third-order valence-electron chi connectivity index (χ3n) is 5.75. The van der Waals surface area contributed by atoms with Crippen LogP contribution in [0.4, 0.5) is 0 Å². The maximum Gasteiger partial charge on any atom is 0.278 e. The summed E-state index contributed by atoms with van der Waals surface area (Å²) in [7, 11) is 3.50. The van der Waals surface area contributed by atoms with Crippen molar-refractivity contribution in [3.8, 4) is 5.75 Å². The largest absolute Gasteiger partial charge is 0.494 e. The van der Waals surface area contributed by atoms with E-state index in [1.54, 1.807) is 25.3 Å². The fourth-order valence-corrected chi connectivity index (χ4v) is 4.15. The van der Waals surface area contributed by atoms with Crippen LogP contribution in [0.25, 0.3) is 11.0 Å². The van der Waals surface area contributed by atoms with Gasteiger partial charge in [-0.1, -0.05) is 18.2 Å². The number of carbonyl (C=O) groups is 2. The molecule has 0 bridgehead atoms. The molecule has 10 heteroatoms. The highest BCUT2D eigenvalue weighted by atomic mass is 32.1. The summed E-state index contributed by atoms with van der Waals surface area (Å²) >= 11 is 4.13. The molecule has 1 aliphatic heterocycles. The lowest BCUT2D eigenvalue weighted by atomic mass is 10.0. The lowest BCUT2D eigenvalue weighted by Crippen LogP contribution is -2.31. The number of thiol groups is 1. The molecular weight excluding hydrogens is 452 g/mol. The Balaban J connectivity index is 1.66. The third kappa shape index (κ3) is 4.54.